The molecule has 0 saturated carbocycles. The highest BCUT2D eigenvalue weighted by molar-refractivity contribution is 5.73. The normalized spacial score (nSPS) is 13.9. The number of hydrogen-bond donors (Lipinski definition) is 1. The first-order valence-corrected chi connectivity index (χ1v) is 2.99. The molecular weight excluding hydrogens is 121 g/mol. The van der Waals surface area contributed by atoms with E-state index in [9.17, 15) is 9.18 Å². The van der Waals surface area contributed by atoms with Crippen molar-refractivity contribution in [1.82, 2.24) is 0 Å². The van der Waals surface area contributed by atoms with Crippen molar-refractivity contribution in [3.63, 3.8) is 0 Å². The van der Waals surface area contributed by atoms with Gasteiger partial charge in [-0.25, -0.2) is 0 Å². The highest BCUT2D eigenvalue weighted by Crippen LogP contribution is 2.03. The first-order valence-electron chi connectivity index (χ1n) is 2.99. The second kappa shape index (κ2) is 3.56. The van der Waals surface area contributed by atoms with Crippen LogP contribution in [0.1, 0.15) is 20.3 Å². The Kier molecular flexibility index (Phi) is 3.39. The van der Waals surface area contributed by atoms with E-state index >= 15 is 0 Å². The number of carbonyl (C=O) groups excluding carboxylic acids is 1. The Bertz CT molecular complexity index is 103. The second-order valence-corrected chi connectivity index (χ2v) is 2.54. The molecule has 0 rings (SSSR count). The fraction of sp³-hybridized carbons (Fsp3) is 0.833. The van der Waals surface area contributed by atoms with E-state index in [1.807, 2.05) is 13.8 Å². The van der Waals surface area contributed by atoms with Gasteiger partial charge in [0.25, 0.3) is 0 Å². The maximum Gasteiger partial charge on any atom is 0.318 e. The van der Waals surface area contributed by atoms with E-state index in [1.54, 1.807) is 0 Å². The van der Waals surface area contributed by atoms with Crippen molar-refractivity contribution in [3.8, 4) is 0 Å². The summed E-state index contributed by atoms with van der Waals surface area (Å²) in [4.78, 5) is 9.89. The van der Waals surface area contributed by atoms with Crippen LogP contribution in [0.5, 0.6) is 0 Å². The third-order valence-electron chi connectivity index (χ3n) is 1.02. The maximum absolute atomic E-state index is 11.7. The average molecular weight is 133 g/mol. The van der Waals surface area contributed by atoms with Gasteiger partial charge in [-0.1, -0.05) is 13.8 Å². The zero-order chi connectivity index (χ0) is 7.44. The lowest BCUT2D eigenvalue weighted by Crippen LogP contribution is -2.28. The lowest BCUT2D eigenvalue weighted by atomic mass is 10.1. The topological polar surface area (TPSA) is 43.1 Å². The van der Waals surface area contributed by atoms with Gasteiger partial charge in [-0.15, -0.1) is 0 Å². The lowest BCUT2D eigenvalue weighted by Gasteiger charge is -2.06. The summed E-state index contributed by atoms with van der Waals surface area (Å²) >= 11 is 0. The molecule has 0 aromatic heterocycles. The van der Waals surface area contributed by atoms with Gasteiger partial charge in [-0.05, 0) is 12.3 Å². The number of carbonyl (C=O) groups is 1. The Morgan fingerprint density at radius 2 is 2.11 bits per heavy atom. The highest BCUT2D eigenvalue weighted by Gasteiger charge is 2.12. The van der Waals surface area contributed by atoms with Gasteiger partial charge in [-0.3, -0.25) is 4.79 Å². The van der Waals surface area contributed by atoms with E-state index in [0.717, 1.165) is 0 Å². The smallest absolute Gasteiger partial charge is 0.318 e. The minimum absolute atomic E-state index is 0.277. The quantitative estimate of drug-likeness (QED) is 0.580. The van der Waals surface area contributed by atoms with E-state index in [4.69, 9.17) is 5.73 Å². The summed E-state index contributed by atoms with van der Waals surface area (Å²) < 4.78 is 11.7. The molecule has 0 fully saturated rings. The van der Waals surface area contributed by atoms with Gasteiger partial charge in [0.2, 0.25) is 0 Å². The van der Waals surface area contributed by atoms with Gasteiger partial charge in [0.1, 0.15) is 0 Å². The van der Waals surface area contributed by atoms with Crippen LogP contribution in [-0.2, 0) is 4.79 Å². The average Bonchev–Trinajstić information content (AvgIpc) is 1.63. The molecule has 0 aliphatic carbocycles. The van der Waals surface area contributed by atoms with Gasteiger partial charge < -0.3 is 5.73 Å². The van der Waals surface area contributed by atoms with Crippen LogP contribution >= 0.6 is 0 Å². The third-order valence-corrected chi connectivity index (χ3v) is 1.02. The number of hydrogen-bond acceptors (Lipinski definition) is 2. The Hall–Kier alpha value is -0.440. The van der Waals surface area contributed by atoms with Crippen LogP contribution in [0.2, 0.25) is 0 Å². The van der Waals surface area contributed by atoms with Crippen molar-refractivity contribution in [2.24, 2.45) is 11.7 Å². The minimum Gasteiger partial charge on any atom is -0.319 e. The molecule has 1 atom stereocenters. The summed E-state index contributed by atoms with van der Waals surface area (Å²) in [5.41, 5.74) is 5.09. The lowest BCUT2D eigenvalue weighted by molar-refractivity contribution is -0.131. The fourth-order valence-corrected chi connectivity index (χ4v) is 0.601. The van der Waals surface area contributed by atoms with E-state index < -0.39 is 12.1 Å². The Morgan fingerprint density at radius 3 is 2.22 bits per heavy atom. The monoisotopic (exact) mass is 133 g/mol. The molecule has 2 N–H and O–H groups in total. The van der Waals surface area contributed by atoms with Crippen molar-refractivity contribution < 1.29 is 9.18 Å². The van der Waals surface area contributed by atoms with E-state index in [2.05, 4.69) is 0 Å². The highest BCUT2D eigenvalue weighted by atomic mass is 19.1. The Morgan fingerprint density at radius 1 is 1.67 bits per heavy atom. The van der Waals surface area contributed by atoms with E-state index in [1.165, 1.54) is 0 Å². The van der Waals surface area contributed by atoms with Crippen LogP contribution in [0.3, 0.4) is 0 Å². The second-order valence-electron chi connectivity index (χ2n) is 2.54. The third kappa shape index (κ3) is 4.09. The van der Waals surface area contributed by atoms with Crippen LogP contribution in [0, 0.1) is 5.92 Å². The summed E-state index contributed by atoms with van der Waals surface area (Å²) in [5, 5.41) is 0. The molecule has 9 heavy (non-hydrogen) atoms. The summed E-state index contributed by atoms with van der Waals surface area (Å²) in [6.07, 6.45) is 0.426. The largest absolute Gasteiger partial charge is 0.319 e. The first-order chi connectivity index (χ1) is 4.04. The van der Waals surface area contributed by atoms with Crippen LogP contribution in [0.15, 0.2) is 0 Å². The van der Waals surface area contributed by atoms with E-state index in [0.29, 0.717) is 6.42 Å². The predicted molar refractivity (Wildman–Crippen MR) is 33.5 cm³/mol. The first kappa shape index (κ1) is 8.56. The standard InChI is InChI=1S/C6H12FNO/c1-4(2)3-5(8)6(7)9/h4-5H,3,8H2,1-2H3/t5-/m0/s1. The molecule has 0 bridgehead atoms. The van der Waals surface area contributed by atoms with Crippen molar-refractivity contribution in [1.29, 1.82) is 0 Å². The maximum atomic E-state index is 11.7. The van der Waals surface area contributed by atoms with E-state index in [-0.39, 0.29) is 5.92 Å². The van der Waals surface area contributed by atoms with Gasteiger partial charge in [0.05, 0.1) is 6.04 Å². The van der Waals surface area contributed by atoms with Crippen molar-refractivity contribution >= 4 is 6.04 Å². The molecule has 3 heteroatoms. The van der Waals surface area contributed by atoms with Gasteiger partial charge in [0.15, 0.2) is 0 Å². The molecule has 0 unspecified atom stereocenters. The van der Waals surface area contributed by atoms with Gasteiger partial charge >= 0.3 is 6.04 Å². The Labute approximate surface area is 54.2 Å². The van der Waals surface area contributed by atoms with Crippen LogP contribution in [0.25, 0.3) is 0 Å². The van der Waals surface area contributed by atoms with Crippen molar-refractivity contribution in [2.75, 3.05) is 0 Å². The molecule has 54 valence electrons. The molecule has 0 aliphatic rings. The zero-order valence-corrected chi connectivity index (χ0v) is 5.73. The number of nitrogens with two attached hydrogens (primary N) is 1. The molecule has 2 nitrogen and oxygen atoms in total. The molecule has 0 aliphatic heterocycles. The molecule has 0 heterocycles. The SMILES string of the molecule is CC(C)C[C@H](N)C(=O)F. The molecule has 0 aromatic carbocycles. The van der Waals surface area contributed by atoms with Gasteiger partial charge in [-0.2, -0.15) is 4.39 Å². The summed E-state index contributed by atoms with van der Waals surface area (Å²) in [6, 6.07) is -2.33. The predicted octanol–water partition coefficient (Wildman–Crippen LogP) is 0.856. The molecule has 0 saturated heterocycles. The van der Waals surface area contributed by atoms with Crippen LogP contribution < -0.4 is 5.73 Å². The van der Waals surface area contributed by atoms with Crippen LogP contribution in [0.4, 0.5) is 4.39 Å². The zero-order valence-electron chi connectivity index (χ0n) is 5.73. The summed E-state index contributed by atoms with van der Waals surface area (Å²) in [7, 11) is 0. The molecular formula is C6H12FNO. The minimum atomic E-state index is -1.41. The van der Waals surface area contributed by atoms with Crippen molar-refractivity contribution in [3.05, 3.63) is 0 Å². The fourth-order valence-electron chi connectivity index (χ4n) is 0.601. The summed E-state index contributed by atoms with van der Waals surface area (Å²) in [6.45, 7) is 3.78. The molecule has 0 aromatic rings. The molecule has 0 spiro atoms. The van der Waals surface area contributed by atoms with Crippen LogP contribution in [-0.4, -0.2) is 12.1 Å². The summed E-state index contributed by atoms with van der Waals surface area (Å²) in [5.74, 6) is 0.277. The Balaban J connectivity index is 3.50. The number of rotatable bonds is 3. The van der Waals surface area contributed by atoms with Gasteiger partial charge in [0, 0.05) is 0 Å². The number of halogens is 1. The van der Waals surface area contributed by atoms with Crippen molar-refractivity contribution in [2.45, 2.75) is 26.3 Å². The molecule has 0 radical (unpaired) electrons. The molecule has 0 amide bonds.